The van der Waals surface area contributed by atoms with Crippen molar-refractivity contribution in [3.05, 3.63) is 59.1 Å². The Kier molecular flexibility index (Phi) is 5.92. The summed E-state index contributed by atoms with van der Waals surface area (Å²) in [6.07, 6.45) is 0. The van der Waals surface area contributed by atoms with Crippen molar-refractivity contribution in [2.75, 3.05) is 17.2 Å². The quantitative estimate of drug-likeness (QED) is 0.778. The molecule has 0 aliphatic heterocycles. The third kappa shape index (κ3) is 5.40. The summed E-state index contributed by atoms with van der Waals surface area (Å²) in [5.74, 6) is -0.945. The van der Waals surface area contributed by atoms with Crippen LogP contribution in [0.15, 0.2) is 48.5 Å². The molecule has 0 saturated heterocycles. The largest absolute Gasteiger partial charge is 0.343 e. The highest BCUT2D eigenvalue weighted by molar-refractivity contribution is 6.30. The maximum atomic E-state index is 11.9. The van der Waals surface area contributed by atoms with Gasteiger partial charge in [-0.2, -0.15) is 0 Å². The average molecular weight is 346 g/mol. The third-order valence-corrected chi connectivity index (χ3v) is 3.23. The molecule has 2 aromatic carbocycles. The lowest BCUT2D eigenvalue weighted by atomic mass is 10.2. The maximum absolute atomic E-state index is 11.9. The highest BCUT2D eigenvalue weighted by Crippen LogP contribution is 2.15. The maximum Gasteiger partial charge on any atom is 0.251 e. The summed E-state index contributed by atoms with van der Waals surface area (Å²) in [4.78, 5) is 34.8. The van der Waals surface area contributed by atoms with E-state index in [0.29, 0.717) is 22.0 Å². The van der Waals surface area contributed by atoms with Crippen LogP contribution in [0.25, 0.3) is 0 Å². The molecule has 24 heavy (non-hydrogen) atoms. The number of rotatable bonds is 5. The van der Waals surface area contributed by atoms with Gasteiger partial charge in [0.25, 0.3) is 5.91 Å². The molecule has 0 saturated carbocycles. The van der Waals surface area contributed by atoms with Crippen molar-refractivity contribution >= 4 is 40.7 Å². The second-order valence-corrected chi connectivity index (χ2v) is 5.44. The van der Waals surface area contributed by atoms with Gasteiger partial charge in [-0.25, -0.2) is 0 Å². The summed E-state index contributed by atoms with van der Waals surface area (Å²) < 4.78 is 0. The third-order valence-electron chi connectivity index (χ3n) is 2.98. The summed E-state index contributed by atoms with van der Waals surface area (Å²) in [5.41, 5.74) is 1.51. The van der Waals surface area contributed by atoms with E-state index in [1.54, 1.807) is 48.5 Å². The lowest BCUT2D eigenvalue weighted by Crippen LogP contribution is -2.32. The van der Waals surface area contributed by atoms with Crippen molar-refractivity contribution in [2.24, 2.45) is 0 Å². The van der Waals surface area contributed by atoms with Crippen molar-refractivity contribution in [3.63, 3.8) is 0 Å². The van der Waals surface area contributed by atoms with Crippen LogP contribution in [-0.2, 0) is 9.59 Å². The molecule has 0 fully saturated rings. The van der Waals surface area contributed by atoms with E-state index in [1.165, 1.54) is 6.92 Å². The predicted molar refractivity (Wildman–Crippen MR) is 93.2 cm³/mol. The van der Waals surface area contributed by atoms with Crippen LogP contribution in [0, 0.1) is 0 Å². The summed E-state index contributed by atoms with van der Waals surface area (Å²) >= 11 is 5.76. The van der Waals surface area contributed by atoms with E-state index in [1.807, 2.05) is 0 Å². The molecule has 0 bridgehead atoms. The first-order valence-corrected chi connectivity index (χ1v) is 7.53. The van der Waals surface area contributed by atoms with Crippen molar-refractivity contribution in [1.29, 1.82) is 0 Å². The number of carbonyl (C=O) groups excluding carboxylic acids is 3. The molecule has 2 aromatic rings. The molecule has 7 heteroatoms. The summed E-state index contributed by atoms with van der Waals surface area (Å²) in [5, 5.41) is 8.32. The van der Waals surface area contributed by atoms with Crippen LogP contribution in [0.4, 0.5) is 11.4 Å². The van der Waals surface area contributed by atoms with Crippen molar-refractivity contribution in [2.45, 2.75) is 6.92 Å². The number of halogens is 1. The standard InChI is InChI=1S/C17H16ClN3O3/c1-11(22)20-14-3-2-4-15(9-14)21-16(23)10-19-17(24)12-5-7-13(18)8-6-12/h2-9H,10H2,1H3,(H,19,24)(H,20,22)(H,21,23). The topological polar surface area (TPSA) is 87.3 Å². The molecule has 0 unspecified atom stereocenters. The molecule has 2 rings (SSSR count). The van der Waals surface area contributed by atoms with E-state index in [0.717, 1.165) is 0 Å². The SMILES string of the molecule is CC(=O)Nc1cccc(NC(=O)CNC(=O)c2ccc(Cl)cc2)c1. The van der Waals surface area contributed by atoms with Gasteiger partial charge in [0.2, 0.25) is 11.8 Å². The van der Waals surface area contributed by atoms with E-state index < -0.39 is 0 Å². The number of hydrogen-bond acceptors (Lipinski definition) is 3. The Hall–Kier alpha value is -2.86. The zero-order valence-corrected chi connectivity index (χ0v) is 13.7. The minimum absolute atomic E-state index is 0.175. The van der Waals surface area contributed by atoms with Gasteiger partial charge in [0.15, 0.2) is 0 Å². The van der Waals surface area contributed by atoms with Crippen LogP contribution < -0.4 is 16.0 Å². The Bertz CT molecular complexity index is 760. The van der Waals surface area contributed by atoms with Crippen LogP contribution in [0.5, 0.6) is 0 Å². The fourth-order valence-electron chi connectivity index (χ4n) is 1.95. The summed E-state index contributed by atoms with van der Waals surface area (Å²) in [6, 6.07) is 13.1. The van der Waals surface area contributed by atoms with Crippen LogP contribution in [0.2, 0.25) is 5.02 Å². The first kappa shape index (κ1) is 17.5. The molecule has 3 amide bonds. The monoisotopic (exact) mass is 345 g/mol. The zero-order chi connectivity index (χ0) is 17.5. The van der Waals surface area contributed by atoms with E-state index in [9.17, 15) is 14.4 Å². The van der Waals surface area contributed by atoms with Gasteiger partial charge < -0.3 is 16.0 Å². The second kappa shape index (κ2) is 8.12. The molecule has 0 spiro atoms. The molecule has 6 nitrogen and oxygen atoms in total. The highest BCUT2D eigenvalue weighted by atomic mass is 35.5. The Morgan fingerprint density at radius 1 is 0.958 bits per heavy atom. The molecule has 0 aliphatic carbocycles. The minimum Gasteiger partial charge on any atom is -0.343 e. The first-order valence-electron chi connectivity index (χ1n) is 7.15. The van der Waals surface area contributed by atoms with Gasteiger partial charge >= 0.3 is 0 Å². The van der Waals surface area contributed by atoms with Gasteiger partial charge in [-0.1, -0.05) is 17.7 Å². The number of hydrogen-bond donors (Lipinski definition) is 3. The van der Waals surface area contributed by atoms with Gasteiger partial charge in [0.05, 0.1) is 6.54 Å². The smallest absolute Gasteiger partial charge is 0.251 e. The lowest BCUT2D eigenvalue weighted by molar-refractivity contribution is -0.115. The molecule has 124 valence electrons. The van der Waals surface area contributed by atoms with Crippen molar-refractivity contribution in [3.8, 4) is 0 Å². The number of nitrogens with one attached hydrogen (secondary N) is 3. The molecular formula is C17H16ClN3O3. The Morgan fingerprint density at radius 2 is 1.58 bits per heavy atom. The Balaban J connectivity index is 1.88. The normalized spacial score (nSPS) is 9.92. The fourth-order valence-corrected chi connectivity index (χ4v) is 2.07. The van der Waals surface area contributed by atoms with Crippen molar-refractivity contribution < 1.29 is 14.4 Å². The number of amides is 3. The molecule has 0 heterocycles. The highest BCUT2D eigenvalue weighted by Gasteiger charge is 2.08. The molecule has 0 aliphatic rings. The van der Waals surface area contributed by atoms with Gasteiger partial charge in [0.1, 0.15) is 0 Å². The predicted octanol–water partition coefficient (Wildman–Crippen LogP) is 2.67. The number of anilines is 2. The van der Waals surface area contributed by atoms with Crippen LogP contribution >= 0.6 is 11.6 Å². The van der Waals surface area contributed by atoms with Crippen LogP contribution in [0.1, 0.15) is 17.3 Å². The fraction of sp³-hybridized carbons (Fsp3) is 0.118. The number of benzene rings is 2. The van der Waals surface area contributed by atoms with Gasteiger partial charge in [-0.3, -0.25) is 14.4 Å². The Morgan fingerprint density at radius 3 is 2.21 bits per heavy atom. The first-order chi connectivity index (χ1) is 11.4. The lowest BCUT2D eigenvalue weighted by Gasteiger charge is -2.09. The Labute approximate surface area is 144 Å². The molecule has 3 N–H and O–H groups in total. The molecule has 0 atom stereocenters. The van der Waals surface area contributed by atoms with Gasteiger partial charge in [-0.05, 0) is 42.5 Å². The summed E-state index contributed by atoms with van der Waals surface area (Å²) in [7, 11) is 0. The zero-order valence-electron chi connectivity index (χ0n) is 12.9. The van der Waals surface area contributed by atoms with Crippen LogP contribution in [-0.4, -0.2) is 24.3 Å². The van der Waals surface area contributed by atoms with Gasteiger partial charge in [-0.15, -0.1) is 0 Å². The van der Waals surface area contributed by atoms with E-state index in [2.05, 4.69) is 16.0 Å². The summed E-state index contributed by atoms with van der Waals surface area (Å²) in [6.45, 7) is 1.23. The van der Waals surface area contributed by atoms with E-state index in [-0.39, 0.29) is 24.3 Å². The average Bonchev–Trinajstić information content (AvgIpc) is 2.53. The van der Waals surface area contributed by atoms with Gasteiger partial charge in [0, 0.05) is 28.9 Å². The number of carbonyl (C=O) groups is 3. The van der Waals surface area contributed by atoms with E-state index in [4.69, 9.17) is 11.6 Å². The minimum atomic E-state index is -0.378. The van der Waals surface area contributed by atoms with E-state index >= 15 is 0 Å². The van der Waals surface area contributed by atoms with Crippen LogP contribution in [0.3, 0.4) is 0 Å². The molecule has 0 aromatic heterocycles. The van der Waals surface area contributed by atoms with Crippen molar-refractivity contribution in [1.82, 2.24) is 5.32 Å². The molecular weight excluding hydrogens is 330 g/mol. The second-order valence-electron chi connectivity index (χ2n) is 5.00. The molecule has 0 radical (unpaired) electrons.